The van der Waals surface area contributed by atoms with E-state index < -0.39 is 10.0 Å². The summed E-state index contributed by atoms with van der Waals surface area (Å²) in [4.78, 5) is 3.35. The summed E-state index contributed by atoms with van der Waals surface area (Å²) in [5, 5.41) is 4.96. The van der Waals surface area contributed by atoms with Crippen LogP contribution in [0, 0.1) is 0 Å². The number of nitrogens with zero attached hydrogens (tertiary/aromatic N) is 1. The highest BCUT2D eigenvalue weighted by molar-refractivity contribution is 7.89. The molecule has 0 atom stereocenters. The molecule has 5 nitrogen and oxygen atoms in total. The minimum atomic E-state index is -3.36. The Kier molecular flexibility index (Phi) is 6.95. The molecular weight excluding hydrogens is 282 g/mol. The van der Waals surface area contributed by atoms with Crippen LogP contribution in [0.5, 0.6) is 0 Å². The highest BCUT2D eigenvalue weighted by Crippen LogP contribution is 2.18. The van der Waals surface area contributed by atoms with E-state index in [0.717, 1.165) is 24.4 Å². The van der Waals surface area contributed by atoms with Crippen LogP contribution in [-0.4, -0.2) is 47.0 Å². The molecule has 1 rings (SSSR count). The molecule has 0 fully saturated rings. The molecule has 2 N–H and O–H groups in total. The smallest absolute Gasteiger partial charge is 0.241 e. The predicted molar refractivity (Wildman–Crippen MR) is 80.1 cm³/mol. The van der Waals surface area contributed by atoms with Crippen molar-refractivity contribution in [2.24, 2.45) is 0 Å². The van der Waals surface area contributed by atoms with Crippen LogP contribution >= 0.6 is 11.3 Å². The first kappa shape index (κ1) is 16.6. The number of rotatable bonds is 9. The zero-order chi connectivity index (χ0) is 14.3. The van der Waals surface area contributed by atoms with Gasteiger partial charge >= 0.3 is 0 Å². The van der Waals surface area contributed by atoms with Gasteiger partial charge in [0.1, 0.15) is 0 Å². The molecule has 7 heteroatoms. The highest BCUT2D eigenvalue weighted by Gasteiger charge is 2.15. The molecule has 0 spiro atoms. The summed E-state index contributed by atoms with van der Waals surface area (Å²) in [6.45, 7) is 4.89. The Hall–Kier alpha value is -0.470. The number of hydrogen-bond donors (Lipinski definition) is 2. The van der Waals surface area contributed by atoms with Crippen molar-refractivity contribution in [3.8, 4) is 0 Å². The number of nitrogens with one attached hydrogen (secondary N) is 2. The highest BCUT2D eigenvalue weighted by atomic mass is 32.2. The van der Waals surface area contributed by atoms with Gasteiger partial charge in [0.2, 0.25) is 10.0 Å². The van der Waals surface area contributed by atoms with Gasteiger partial charge in [-0.2, -0.15) is 0 Å². The summed E-state index contributed by atoms with van der Waals surface area (Å²) in [5.41, 5.74) is 0. The molecule has 0 aromatic carbocycles. The topological polar surface area (TPSA) is 61.4 Å². The van der Waals surface area contributed by atoms with E-state index in [4.69, 9.17) is 0 Å². The molecule has 0 saturated heterocycles. The number of hydrogen-bond acceptors (Lipinski definition) is 5. The quantitative estimate of drug-likeness (QED) is 0.671. The molecule has 1 aromatic rings. The fourth-order valence-corrected chi connectivity index (χ4v) is 3.74. The zero-order valence-corrected chi connectivity index (χ0v) is 13.4. The molecule has 0 bridgehead atoms. The maximum atomic E-state index is 12.0. The lowest BCUT2D eigenvalue weighted by Gasteiger charge is -2.10. The number of sulfonamides is 1. The van der Waals surface area contributed by atoms with Gasteiger partial charge in [0, 0.05) is 29.9 Å². The van der Waals surface area contributed by atoms with E-state index in [1.54, 1.807) is 11.4 Å². The van der Waals surface area contributed by atoms with E-state index in [9.17, 15) is 8.42 Å². The van der Waals surface area contributed by atoms with Crippen molar-refractivity contribution in [1.82, 2.24) is 14.9 Å². The van der Waals surface area contributed by atoms with Gasteiger partial charge in [-0.05, 0) is 33.1 Å². The first-order chi connectivity index (χ1) is 8.95. The third-order valence-electron chi connectivity index (χ3n) is 2.52. The van der Waals surface area contributed by atoms with E-state index in [2.05, 4.69) is 17.0 Å². The fraction of sp³-hybridized carbons (Fsp3) is 0.667. The first-order valence-electron chi connectivity index (χ1n) is 6.38. The normalized spacial score (nSPS) is 12.2. The maximum absolute atomic E-state index is 12.0. The molecule has 1 heterocycles. The van der Waals surface area contributed by atoms with Gasteiger partial charge in [-0.25, -0.2) is 13.1 Å². The van der Waals surface area contributed by atoms with Crippen LogP contribution in [0.25, 0.3) is 0 Å². The van der Waals surface area contributed by atoms with Crippen molar-refractivity contribution in [3.63, 3.8) is 0 Å². The maximum Gasteiger partial charge on any atom is 0.241 e. The summed E-state index contributed by atoms with van der Waals surface area (Å²) < 4.78 is 26.6. The van der Waals surface area contributed by atoms with Crippen LogP contribution in [0.3, 0.4) is 0 Å². The minimum Gasteiger partial charge on any atom is -0.312 e. The molecule has 0 aliphatic rings. The van der Waals surface area contributed by atoms with Crippen molar-refractivity contribution < 1.29 is 8.42 Å². The zero-order valence-electron chi connectivity index (χ0n) is 11.8. The summed E-state index contributed by atoms with van der Waals surface area (Å²) in [7, 11) is 0.466. The van der Waals surface area contributed by atoms with Crippen molar-refractivity contribution in [2.45, 2.75) is 24.8 Å². The average molecular weight is 305 g/mol. The van der Waals surface area contributed by atoms with Crippen molar-refractivity contribution >= 4 is 21.4 Å². The first-order valence-corrected chi connectivity index (χ1v) is 8.74. The SMILES string of the molecule is CCCNCc1cc(S(=O)(=O)NCCN(C)C)cs1. The molecule has 0 saturated carbocycles. The van der Waals surface area contributed by atoms with Crippen LogP contribution in [0.4, 0.5) is 0 Å². The number of thiophene rings is 1. The third kappa shape index (κ3) is 6.01. The lowest BCUT2D eigenvalue weighted by Crippen LogP contribution is -2.31. The van der Waals surface area contributed by atoms with Gasteiger partial charge in [0.05, 0.1) is 4.90 Å². The predicted octanol–water partition coefficient (Wildman–Crippen LogP) is 1.09. The fourth-order valence-electron chi connectivity index (χ4n) is 1.47. The van der Waals surface area contributed by atoms with Crippen LogP contribution in [-0.2, 0) is 16.6 Å². The summed E-state index contributed by atoms with van der Waals surface area (Å²) in [5.74, 6) is 0. The van der Waals surface area contributed by atoms with E-state index in [1.807, 2.05) is 19.0 Å². The van der Waals surface area contributed by atoms with Gasteiger partial charge in [-0.3, -0.25) is 0 Å². The lowest BCUT2D eigenvalue weighted by atomic mass is 10.4. The Balaban J connectivity index is 2.53. The van der Waals surface area contributed by atoms with Crippen molar-refractivity contribution in [3.05, 3.63) is 16.3 Å². The molecule has 0 amide bonds. The van der Waals surface area contributed by atoms with Gasteiger partial charge in [-0.15, -0.1) is 11.3 Å². The largest absolute Gasteiger partial charge is 0.312 e. The molecule has 1 aromatic heterocycles. The van der Waals surface area contributed by atoms with Gasteiger partial charge in [0.15, 0.2) is 0 Å². The second-order valence-electron chi connectivity index (χ2n) is 4.63. The van der Waals surface area contributed by atoms with Crippen molar-refractivity contribution in [1.29, 1.82) is 0 Å². The molecule has 0 aliphatic heterocycles. The summed E-state index contributed by atoms with van der Waals surface area (Å²) >= 11 is 1.47. The monoisotopic (exact) mass is 305 g/mol. The van der Waals surface area contributed by atoms with Gasteiger partial charge in [0.25, 0.3) is 0 Å². The molecule has 0 unspecified atom stereocenters. The van der Waals surface area contributed by atoms with E-state index in [0.29, 0.717) is 18.0 Å². The Morgan fingerprint density at radius 1 is 1.32 bits per heavy atom. The van der Waals surface area contributed by atoms with E-state index in [1.165, 1.54) is 11.3 Å². The van der Waals surface area contributed by atoms with Crippen LogP contribution in [0.15, 0.2) is 16.3 Å². The lowest BCUT2D eigenvalue weighted by molar-refractivity contribution is 0.412. The Bertz CT molecular complexity index is 469. The number of likely N-dealkylation sites (N-methyl/N-ethyl adjacent to an activating group) is 1. The standard InChI is InChI=1S/C12H23N3O2S2/c1-4-5-13-9-11-8-12(10-18-11)19(16,17)14-6-7-15(2)3/h8,10,13-14H,4-7,9H2,1-3H3. The Labute approximate surface area is 120 Å². The molecule has 0 radical (unpaired) electrons. The van der Waals surface area contributed by atoms with E-state index >= 15 is 0 Å². The molecular formula is C12H23N3O2S2. The van der Waals surface area contributed by atoms with E-state index in [-0.39, 0.29) is 0 Å². The third-order valence-corrected chi connectivity index (χ3v) is 5.04. The second-order valence-corrected chi connectivity index (χ2v) is 7.39. The Morgan fingerprint density at radius 2 is 2.05 bits per heavy atom. The molecule has 0 aliphatic carbocycles. The summed E-state index contributed by atoms with van der Waals surface area (Å²) in [6.07, 6.45) is 1.07. The summed E-state index contributed by atoms with van der Waals surface area (Å²) in [6, 6.07) is 1.74. The van der Waals surface area contributed by atoms with Gasteiger partial charge < -0.3 is 10.2 Å². The van der Waals surface area contributed by atoms with Crippen LogP contribution in [0.2, 0.25) is 0 Å². The van der Waals surface area contributed by atoms with Crippen molar-refractivity contribution in [2.75, 3.05) is 33.7 Å². The van der Waals surface area contributed by atoms with Crippen LogP contribution < -0.4 is 10.0 Å². The molecule has 110 valence electrons. The minimum absolute atomic E-state index is 0.365. The Morgan fingerprint density at radius 3 is 2.68 bits per heavy atom. The second kappa shape index (κ2) is 7.96. The molecule has 19 heavy (non-hydrogen) atoms. The van der Waals surface area contributed by atoms with Crippen LogP contribution in [0.1, 0.15) is 18.2 Å². The average Bonchev–Trinajstić information content (AvgIpc) is 2.78. The van der Waals surface area contributed by atoms with Gasteiger partial charge in [-0.1, -0.05) is 6.92 Å².